The van der Waals surface area contributed by atoms with Gasteiger partial charge in [-0.15, -0.1) is 0 Å². The van der Waals surface area contributed by atoms with E-state index in [0.29, 0.717) is 0 Å². The number of aliphatic imine (C=N–C) groups is 1. The Hall–Kier alpha value is -0.0300. The van der Waals surface area contributed by atoms with Gasteiger partial charge in [0, 0.05) is 6.54 Å². The van der Waals surface area contributed by atoms with Crippen LogP contribution in [-0.2, 0) is 28.6 Å². The van der Waals surface area contributed by atoms with Crippen LogP contribution >= 0.6 is 15.9 Å². The smallest absolute Gasteiger partial charge is 0.280 e. The Bertz CT molecular complexity index is 448. The lowest BCUT2D eigenvalue weighted by Gasteiger charge is -2.15. The van der Waals surface area contributed by atoms with Crippen molar-refractivity contribution in [3.05, 3.63) is 0 Å². The van der Waals surface area contributed by atoms with Gasteiger partial charge in [0.25, 0.3) is 24.8 Å². The molecule has 0 aromatic rings. The highest BCUT2D eigenvalue weighted by Crippen LogP contribution is 2.19. The van der Waals surface area contributed by atoms with Crippen molar-refractivity contribution in [1.29, 1.82) is 0 Å². The first-order valence-corrected chi connectivity index (χ1v) is 8.92. The third-order valence-corrected chi connectivity index (χ3v) is 6.94. The molecule has 0 rings (SSSR count). The van der Waals surface area contributed by atoms with Crippen molar-refractivity contribution in [2.75, 3.05) is 19.8 Å². The fraction of sp³-hybridized carbons (Fsp3) is 0.875. The maximum atomic E-state index is 11.8. The third kappa shape index (κ3) is 4.92. The van der Waals surface area contributed by atoms with Crippen LogP contribution < -0.4 is 0 Å². The molecule has 0 radical (unpaired) electrons. The molecule has 0 heterocycles. The van der Waals surface area contributed by atoms with E-state index in [4.69, 9.17) is 0 Å². The van der Waals surface area contributed by atoms with Crippen LogP contribution in [-0.4, -0.2) is 45.8 Å². The van der Waals surface area contributed by atoms with Crippen molar-refractivity contribution >= 4 is 40.8 Å². The molecule has 0 aliphatic carbocycles. The third-order valence-electron chi connectivity index (χ3n) is 1.59. The second-order valence-electron chi connectivity index (χ2n) is 2.93. The normalized spacial score (nSPS) is 14.2. The Balaban J connectivity index is 5.68. The fourth-order valence-corrected chi connectivity index (χ4v) is 5.70. The monoisotopic (exact) mass is 365 g/mol. The Labute approximate surface area is 116 Å². The predicted molar refractivity (Wildman–Crippen MR) is 71.8 cm³/mol. The highest BCUT2D eigenvalue weighted by molar-refractivity contribution is 9.18. The van der Waals surface area contributed by atoms with E-state index in [1.54, 1.807) is 6.92 Å². The molecule has 0 saturated carbocycles. The molecule has 108 valence electrons. The standard InChI is InChI=1S/C8H16BrNO6S2/c1-4-10-7(9)8(17(11,12)15-5-2)18(13,14)16-6-3/h8H,4-6H2,1-3H3. The molecule has 10 heteroatoms. The molecule has 18 heavy (non-hydrogen) atoms. The maximum Gasteiger partial charge on any atom is 0.293 e. The van der Waals surface area contributed by atoms with Gasteiger partial charge in [-0.3, -0.25) is 13.4 Å². The summed E-state index contributed by atoms with van der Waals surface area (Å²) in [6.45, 7) is 4.39. The van der Waals surface area contributed by atoms with Gasteiger partial charge in [0.15, 0.2) is 0 Å². The Morgan fingerprint density at radius 3 is 1.72 bits per heavy atom. The topological polar surface area (TPSA) is 99.1 Å². The fourth-order valence-electron chi connectivity index (χ4n) is 1.06. The highest BCUT2D eigenvalue weighted by Gasteiger charge is 2.43. The van der Waals surface area contributed by atoms with Gasteiger partial charge in [0.1, 0.15) is 4.62 Å². The molecular weight excluding hydrogens is 350 g/mol. The van der Waals surface area contributed by atoms with Crippen molar-refractivity contribution in [2.24, 2.45) is 4.99 Å². The molecular formula is C8H16BrNO6S2. The summed E-state index contributed by atoms with van der Waals surface area (Å²) in [5.41, 5.74) is 0. The first-order chi connectivity index (χ1) is 8.22. The van der Waals surface area contributed by atoms with E-state index in [2.05, 4.69) is 29.3 Å². The molecule has 0 fully saturated rings. The minimum atomic E-state index is -4.36. The molecule has 0 saturated heterocycles. The minimum absolute atomic E-state index is 0.174. The van der Waals surface area contributed by atoms with Crippen molar-refractivity contribution in [2.45, 2.75) is 25.4 Å². The second-order valence-corrected chi connectivity index (χ2v) is 7.42. The van der Waals surface area contributed by atoms with Crippen LogP contribution in [0.2, 0.25) is 0 Å². The summed E-state index contributed by atoms with van der Waals surface area (Å²) in [5.74, 6) is 0. The van der Waals surface area contributed by atoms with Crippen LogP contribution in [0.15, 0.2) is 4.99 Å². The zero-order valence-electron chi connectivity index (χ0n) is 10.3. The lowest BCUT2D eigenvalue weighted by Crippen LogP contribution is -2.38. The summed E-state index contributed by atoms with van der Waals surface area (Å²) in [7, 11) is -8.73. The summed E-state index contributed by atoms with van der Waals surface area (Å²) in [4.78, 5) is 3.74. The molecule has 0 unspecified atom stereocenters. The first kappa shape index (κ1) is 18.0. The summed E-state index contributed by atoms with van der Waals surface area (Å²) < 4.78 is 53.8. The molecule has 0 aromatic heterocycles. The van der Waals surface area contributed by atoms with Crippen LogP contribution in [0.3, 0.4) is 0 Å². The van der Waals surface area contributed by atoms with Crippen molar-refractivity contribution in [3.63, 3.8) is 0 Å². The SMILES string of the molecule is CCN=C(Br)C(S(=O)(=O)OCC)S(=O)(=O)OCC. The van der Waals surface area contributed by atoms with E-state index in [-0.39, 0.29) is 24.4 Å². The summed E-state index contributed by atoms with van der Waals surface area (Å²) >= 11 is 2.85. The summed E-state index contributed by atoms with van der Waals surface area (Å²) in [6.07, 6.45) is 0. The molecule has 0 amide bonds. The van der Waals surface area contributed by atoms with Crippen LogP contribution in [0, 0.1) is 0 Å². The van der Waals surface area contributed by atoms with E-state index in [9.17, 15) is 16.8 Å². The second kappa shape index (κ2) is 7.53. The van der Waals surface area contributed by atoms with Gasteiger partial charge in [-0.2, -0.15) is 16.8 Å². The average molecular weight is 366 g/mol. The van der Waals surface area contributed by atoms with Crippen LogP contribution in [0.1, 0.15) is 20.8 Å². The molecule has 0 spiro atoms. The molecule has 0 aliphatic heterocycles. The largest absolute Gasteiger partial charge is 0.293 e. The Morgan fingerprint density at radius 2 is 1.44 bits per heavy atom. The lowest BCUT2D eigenvalue weighted by molar-refractivity contribution is 0.325. The van der Waals surface area contributed by atoms with Gasteiger partial charge >= 0.3 is 0 Å². The molecule has 0 N–H and O–H groups in total. The van der Waals surface area contributed by atoms with E-state index in [1.165, 1.54) is 13.8 Å². The van der Waals surface area contributed by atoms with Crippen molar-refractivity contribution in [1.82, 2.24) is 0 Å². The highest BCUT2D eigenvalue weighted by atomic mass is 79.9. The quantitative estimate of drug-likeness (QED) is 0.467. The minimum Gasteiger partial charge on any atom is -0.280 e. The van der Waals surface area contributed by atoms with E-state index < -0.39 is 24.8 Å². The van der Waals surface area contributed by atoms with Crippen molar-refractivity contribution in [3.8, 4) is 0 Å². The van der Waals surface area contributed by atoms with Crippen molar-refractivity contribution < 1.29 is 25.2 Å². The van der Waals surface area contributed by atoms with Crippen LogP contribution in [0.5, 0.6) is 0 Å². The van der Waals surface area contributed by atoms with Gasteiger partial charge in [-0.05, 0) is 36.7 Å². The first-order valence-electron chi connectivity index (χ1n) is 5.19. The molecule has 0 aromatic carbocycles. The van der Waals surface area contributed by atoms with E-state index in [0.717, 1.165) is 0 Å². The number of hydrogen-bond acceptors (Lipinski definition) is 7. The molecule has 0 aliphatic rings. The number of halogens is 1. The van der Waals surface area contributed by atoms with Crippen LogP contribution in [0.4, 0.5) is 0 Å². The summed E-state index contributed by atoms with van der Waals surface area (Å²) in [6, 6.07) is 0. The predicted octanol–water partition coefficient (Wildman–Crippen LogP) is 0.858. The molecule has 7 nitrogen and oxygen atoms in total. The number of rotatable bonds is 8. The molecule has 0 atom stereocenters. The van der Waals surface area contributed by atoms with Crippen LogP contribution in [0.25, 0.3) is 0 Å². The average Bonchev–Trinajstić information content (AvgIpc) is 2.15. The van der Waals surface area contributed by atoms with E-state index in [1.807, 2.05) is 0 Å². The van der Waals surface area contributed by atoms with Gasteiger partial charge < -0.3 is 0 Å². The summed E-state index contributed by atoms with van der Waals surface area (Å²) in [5, 5.41) is 0. The van der Waals surface area contributed by atoms with Gasteiger partial charge in [-0.1, -0.05) is 0 Å². The van der Waals surface area contributed by atoms with Gasteiger partial charge in [0.05, 0.1) is 13.2 Å². The maximum absolute atomic E-state index is 11.8. The van der Waals surface area contributed by atoms with Gasteiger partial charge in [0.2, 0.25) is 0 Å². The Kier molecular flexibility index (Phi) is 7.52. The Morgan fingerprint density at radius 1 is 1.06 bits per heavy atom. The zero-order valence-corrected chi connectivity index (χ0v) is 13.5. The molecule has 0 bridgehead atoms. The lowest BCUT2D eigenvalue weighted by atomic mass is 10.7. The van der Waals surface area contributed by atoms with Gasteiger partial charge in [-0.25, -0.2) is 0 Å². The van der Waals surface area contributed by atoms with E-state index >= 15 is 0 Å². The number of hydrogen-bond donors (Lipinski definition) is 0. The zero-order chi connectivity index (χ0) is 14.4. The number of nitrogens with zero attached hydrogens (tertiary/aromatic N) is 1.